The van der Waals surface area contributed by atoms with E-state index in [1.807, 2.05) is 30.3 Å². The van der Waals surface area contributed by atoms with Gasteiger partial charge in [0.05, 0.1) is 0 Å². The molecule has 2 aromatic rings. The van der Waals surface area contributed by atoms with Crippen LogP contribution in [0, 0.1) is 0 Å². The van der Waals surface area contributed by atoms with E-state index in [-0.39, 0.29) is 5.91 Å². The van der Waals surface area contributed by atoms with Crippen LogP contribution in [-0.4, -0.2) is 21.9 Å². The van der Waals surface area contributed by atoms with E-state index in [0.717, 1.165) is 18.5 Å². The van der Waals surface area contributed by atoms with Crippen molar-refractivity contribution in [3.63, 3.8) is 0 Å². The lowest BCUT2D eigenvalue weighted by Gasteiger charge is -2.16. The average Bonchev–Trinajstić information content (AvgIpc) is 2.85. The highest BCUT2D eigenvalue weighted by Gasteiger charge is 2.14. The van der Waals surface area contributed by atoms with Gasteiger partial charge in [0, 0.05) is 17.9 Å². The molecule has 0 unspecified atom stereocenters. The summed E-state index contributed by atoms with van der Waals surface area (Å²) in [6, 6.07) is 11.4. The van der Waals surface area contributed by atoms with Crippen molar-refractivity contribution in [3.8, 4) is 0 Å². The first kappa shape index (κ1) is 15.5. The topological polar surface area (TPSA) is 66.9 Å². The summed E-state index contributed by atoms with van der Waals surface area (Å²) < 4.78 is 0. The number of benzene rings is 1. The second-order valence-corrected chi connectivity index (χ2v) is 5.92. The molecular weight excluding hydrogens is 288 g/mol. The van der Waals surface area contributed by atoms with Crippen molar-refractivity contribution >= 4 is 17.5 Å². The maximum Gasteiger partial charge on any atom is 0.274 e. The van der Waals surface area contributed by atoms with Crippen molar-refractivity contribution in [3.05, 3.63) is 48.3 Å². The number of aromatic nitrogens is 2. The summed E-state index contributed by atoms with van der Waals surface area (Å²) in [5.74, 6) is 0.320. The standard InChI is InChI=1S/C18H22N4O/c23-17(20-14-8-6-3-7-9-14)16-12-13-19-18(22-16)21-15-10-4-1-2-5-11-15/h3,6-9,12-13,15H,1-2,4-5,10-11H2,(H,20,23)(H,19,21,22). The first-order valence-electron chi connectivity index (χ1n) is 8.27. The summed E-state index contributed by atoms with van der Waals surface area (Å²) in [4.78, 5) is 20.9. The van der Waals surface area contributed by atoms with E-state index >= 15 is 0 Å². The number of carbonyl (C=O) groups excluding carboxylic acids is 1. The van der Waals surface area contributed by atoms with Crippen LogP contribution in [0.5, 0.6) is 0 Å². The van der Waals surface area contributed by atoms with Crippen molar-refractivity contribution in [2.75, 3.05) is 10.6 Å². The first-order chi connectivity index (χ1) is 11.3. The van der Waals surface area contributed by atoms with Gasteiger partial charge >= 0.3 is 0 Å². The summed E-state index contributed by atoms with van der Waals surface area (Å²) in [6.45, 7) is 0. The van der Waals surface area contributed by atoms with Gasteiger partial charge in [0.15, 0.2) is 0 Å². The zero-order valence-electron chi connectivity index (χ0n) is 13.2. The molecule has 1 amide bonds. The van der Waals surface area contributed by atoms with Crippen LogP contribution in [0.1, 0.15) is 49.0 Å². The van der Waals surface area contributed by atoms with Gasteiger partial charge in [-0.05, 0) is 31.0 Å². The van der Waals surface area contributed by atoms with E-state index in [0.29, 0.717) is 17.7 Å². The zero-order chi connectivity index (χ0) is 15.9. The van der Waals surface area contributed by atoms with Crippen LogP contribution in [0.4, 0.5) is 11.6 Å². The molecule has 1 saturated carbocycles. The van der Waals surface area contributed by atoms with E-state index in [1.54, 1.807) is 12.3 Å². The molecule has 120 valence electrons. The Morgan fingerprint density at radius 3 is 2.48 bits per heavy atom. The Morgan fingerprint density at radius 1 is 1.00 bits per heavy atom. The third-order valence-electron chi connectivity index (χ3n) is 4.11. The lowest BCUT2D eigenvalue weighted by atomic mass is 10.1. The summed E-state index contributed by atoms with van der Waals surface area (Å²) in [5.41, 5.74) is 1.13. The Labute approximate surface area is 136 Å². The predicted molar refractivity (Wildman–Crippen MR) is 91.5 cm³/mol. The Kier molecular flexibility index (Phi) is 5.19. The van der Waals surface area contributed by atoms with Crippen LogP contribution in [-0.2, 0) is 0 Å². The van der Waals surface area contributed by atoms with Gasteiger partial charge in [0.1, 0.15) is 5.69 Å². The van der Waals surface area contributed by atoms with Crippen molar-refractivity contribution in [2.45, 2.75) is 44.6 Å². The van der Waals surface area contributed by atoms with Crippen molar-refractivity contribution < 1.29 is 4.79 Å². The maximum atomic E-state index is 12.3. The minimum absolute atomic E-state index is 0.220. The highest BCUT2D eigenvalue weighted by molar-refractivity contribution is 6.02. The molecule has 1 aromatic carbocycles. The molecule has 23 heavy (non-hydrogen) atoms. The first-order valence-corrected chi connectivity index (χ1v) is 8.27. The fraction of sp³-hybridized carbons (Fsp3) is 0.389. The van der Waals surface area contributed by atoms with E-state index in [2.05, 4.69) is 20.6 Å². The van der Waals surface area contributed by atoms with Crippen LogP contribution in [0.3, 0.4) is 0 Å². The second kappa shape index (κ2) is 7.72. The van der Waals surface area contributed by atoms with E-state index in [1.165, 1.54) is 25.7 Å². The predicted octanol–water partition coefficient (Wildman–Crippen LogP) is 3.86. The molecule has 1 aliphatic carbocycles. The zero-order valence-corrected chi connectivity index (χ0v) is 13.2. The number of hydrogen-bond donors (Lipinski definition) is 2. The molecule has 0 bridgehead atoms. The molecule has 0 saturated heterocycles. The second-order valence-electron chi connectivity index (χ2n) is 5.92. The summed E-state index contributed by atoms with van der Waals surface area (Å²) in [6.07, 6.45) is 9.01. The van der Waals surface area contributed by atoms with Gasteiger partial charge in [-0.3, -0.25) is 4.79 Å². The number of hydrogen-bond acceptors (Lipinski definition) is 4. The monoisotopic (exact) mass is 310 g/mol. The Hall–Kier alpha value is -2.43. The fourth-order valence-corrected chi connectivity index (χ4v) is 2.88. The number of anilines is 2. The molecular formula is C18H22N4O. The molecule has 5 nitrogen and oxygen atoms in total. The largest absolute Gasteiger partial charge is 0.351 e. The Bertz CT molecular complexity index is 636. The lowest BCUT2D eigenvalue weighted by molar-refractivity contribution is 0.102. The Morgan fingerprint density at radius 2 is 1.74 bits per heavy atom. The minimum atomic E-state index is -0.220. The van der Waals surface area contributed by atoms with E-state index in [4.69, 9.17) is 0 Å². The van der Waals surface area contributed by atoms with E-state index in [9.17, 15) is 4.79 Å². The molecule has 1 aromatic heterocycles. The molecule has 0 radical (unpaired) electrons. The molecule has 5 heteroatoms. The van der Waals surface area contributed by atoms with E-state index < -0.39 is 0 Å². The molecule has 0 spiro atoms. The highest BCUT2D eigenvalue weighted by Crippen LogP contribution is 2.19. The van der Waals surface area contributed by atoms with Gasteiger partial charge < -0.3 is 10.6 Å². The normalized spacial score (nSPS) is 15.7. The smallest absolute Gasteiger partial charge is 0.274 e. The fourth-order valence-electron chi connectivity index (χ4n) is 2.88. The number of amides is 1. The number of rotatable bonds is 4. The van der Waals surface area contributed by atoms with Crippen molar-refractivity contribution in [1.29, 1.82) is 0 Å². The van der Waals surface area contributed by atoms with Gasteiger partial charge in [-0.15, -0.1) is 0 Å². The lowest BCUT2D eigenvalue weighted by Crippen LogP contribution is -2.21. The summed E-state index contributed by atoms with van der Waals surface area (Å²) in [5, 5.41) is 6.22. The molecule has 1 aliphatic rings. The molecule has 3 rings (SSSR count). The quantitative estimate of drug-likeness (QED) is 0.841. The molecule has 1 heterocycles. The maximum absolute atomic E-state index is 12.3. The molecule has 0 aliphatic heterocycles. The van der Waals surface area contributed by atoms with Crippen LogP contribution in [0.25, 0.3) is 0 Å². The van der Waals surface area contributed by atoms with Gasteiger partial charge in [-0.1, -0.05) is 43.9 Å². The number of nitrogens with one attached hydrogen (secondary N) is 2. The number of nitrogens with zero attached hydrogens (tertiary/aromatic N) is 2. The van der Waals surface area contributed by atoms with Crippen molar-refractivity contribution in [1.82, 2.24) is 9.97 Å². The summed E-state index contributed by atoms with van der Waals surface area (Å²) >= 11 is 0. The van der Waals surface area contributed by atoms with Gasteiger partial charge in [-0.25, -0.2) is 9.97 Å². The Balaban J connectivity index is 1.65. The van der Waals surface area contributed by atoms with Crippen LogP contribution in [0.2, 0.25) is 0 Å². The van der Waals surface area contributed by atoms with Crippen molar-refractivity contribution in [2.24, 2.45) is 0 Å². The summed E-state index contributed by atoms with van der Waals surface area (Å²) in [7, 11) is 0. The average molecular weight is 310 g/mol. The molecule has 1 fully saturated rings. The molecule has 2 N–H and O–H groups in total. The van der Waals surface area contributed by atoms with Crippen LogP contribution in [0.15, 0.2) is 42.6 Å². The minimum Gasteiger partial charge on any atom is -0.351 e. The van der Waals surface area contributed by atoms with Gasteiger partial charge in [0.2, 0.25) is 5.95 Å². The van der Waals surface area contributed by atoms with Crippen LogP contribution < -0.4 is 10.6 Å². The van der Waals surface area contributed by atoms with Gasteiger partial charge in [-0.2, -0.15) is 0 Å². The molecule has 0 atom stereocenters. The number of carbonyl (C=O) groups is 1. The SMILES string of the molecule is O=C(Nc1ccccc1)c1ccnc(NC2CCCCCC2)n1. The third kappa shape index (κ3) is 4.52. The highest BCUT2D eigenvalue weighted by atomic mass is 16.1. The number of para-hydroxylation sites is 1. The third-order valence-corrected chi connectivity index (χ3v) is 4.11. The van der Waals surface area contributed by atoms with Crippen LogP contribution >= 0.6 is 0 Å². The van der Waals surface area contributed by atoms with Gasteiger partial charge in [0.25, 0.3) is 5.91 Å².